The largest absolute Gasteiger partial charge is 0.496 e. The van der Waals surface area contributed by atoms with Crippen molar-refractivity contribution in [2.75, 3.05) is 21.3 Å². The summed E-state index contributed by atoms with van der Waals surface area (Å²) in [5.41, 5.74) is 3.18. The Morgan fingerprint density at radius 1 is 1.10 bits per heavy atom. The molecular weight excluding hydrogens is 252 g/mol. The second-order valence-electron chi connectivity index (χ2n) is 4.59. The molecule has 0 bridgehead atoms. The maximum atomic E-state index is 5.48. The summed E-state index contributed by atoms with van der Waals surface area (Å²) < 4.78 is 11.0. The van der Waals surface area contributed by atoms with Crippen LogP contribution in [0, 0.1) is 6.92 Å². The van der Waals surface area contributed by atoms with Gasteiger partial charge in [-0.25, -0.2) is 0 Å². The number of methoxy groups -OCH3 is 2. The maximum Gasteiger partial charge on any atom is 0.127 e. The number of pyridine rings is 1. The van der Waals surface area contributed by atoms with Crippen molar-refractivity contribution in [2.24, 2.45) is 0 Å². The van der Waals surface area contributed by atoms with Crippen molar-refractivity contribution in [3.63, 3.8) is 0 Å². The van der Waals surface area contributed by atoms with Crippen LogP contribution in [0.25, 0.3) is 0 Å². The number of ether oxygens (including phenoxy) is 2. The molecule has 0 aliphatic rings. The molecule has 20 heavy (non-hydrogen) atoms. The van der Waals surface area contributed by atoms with Gasteiger partial charge in [-0.3, -0.25) is 4.98 Å². The van der Waals surface area contributed by atoms with Crippen molar-refractivity contribution in [1.29, 1.82) is 0 Å². The van der Waals surface area contributed by atoms with E-state index >= 15 is 0 Å². The van der Waals surface area contributed by atoms with Crippen molar-refractivity contribution < 1.29 is 9.47 Å². The van der Waals surface area contributed by atoms with E-state index in [9.17, 15) is 0 Å². The molecule has 1 unspecified atom stereocenters. The Balaban J connectivity index is 2.57. The number of benzene rings is 1. The van der Waals surface area contributed by atoms with Crippen LogP contribution in [0.15, 0.2) is 36.7 Å². The van der Waals surface area contributed by atoms with E-state index in [1.54, 1.807) is 14.2 Å². The summed E-state index contributed by atoms with van der Waals surface area (Å²) in [5.74, 6) is 1.59. The molecule has 1 heterocycles. The quantitative estimate of drug-likeness (QED) is 0.909. The second-order valence-corrected chi connectivity index (χ2v) is 4.59. The predicted octanol–water partition coefficient (Wildman–Crippen LogP) is 2.72. The summed E-state index contributed by atoms with van der Waals surface area (Å²) in [4.78, 5) is 4.27. The van der Waals surface area contributed by atoms with E-state index < -0.39 is 0 Å². The highest BCUT2D eigenvalue weighted by Crippen LogP contribution is 2.37. The van der Waals surface area contributed by atoms with Crippen molar-refractivity contribution in [1.82, 2.24) is 10.3 Å². The molecule has 1 N–H and O–H groups in total. The van der Waals surface area contributed by atoms with E-state index in [0.29, 0.717) is 0 Å². The lowest BCUT2D eigenvalue weighted by Crippen LogP contribution is -2.19. The Morgan fingerprint density at radius 3 is 2.25 bits per heavy atom. The Morgan fingerprint density at radius 2 is 1.75 bits per heavy atom. The zero-order chi connectivity index (χ0) is 14.5. The maximum absolute atomic E-state index is 5.48. The molecule has 0 aliphatic carbocycles. The van der Waals surface area contributed by atoms with Crippen molar-refractivity contribution in [3.05, 3.63) is 53.3 Å². The zero-order valence-electron chi connectivity index (χ0n) is 12.3. The van der Waals surface area contributed by atoms with Crippen LogP contribution in [0.3, 0.4) is 0 Å². The van der Waals surface area contributed by atoms with Gasteiger partial charge in [0.15, 0.2) is 0 Å². The summed E-state index contributed by atoms with van der Waals surface area (Å²) in [6, 6.07) is 7.87. The lowest BCUT2D eigenvalue weighted by Gasteiger charge is -2.22. The van der Waals surface area contributed by atoms with Crippen LogP contribution in [-0.2, 0) is 0 Å². The smallest absolute Gasteiger partial charge is 0.127 e. The molecule has 1 aromatic heterocycles. The number of rotatable bonds is 5. The minimum atomic E-state index is -0.0338. The predicted molar refractivity (Wildman–Crippen MR) is 79.4 cm³/mol. The van der Waals surface area contributed by atoms with E-state index in [4.69, 9.17) is 9.47 Å². The molecule has 0 saturated heterocycles. The Labute approximate surface area is 119 Å². The summed E-state index contributed by atoms with van der Waals surface area (Å²) in [7, 11) is 5.25. The molecule has 106 valence electrons. The van der Waals surface area contributed by atoms with Crippen LogP contribution in [0.1, 0.15) is 22.7 Å². The highest BCUT2D eigenvalue weighted by Gasteiger charge is 2.21. The third-order valence-corrected chi connectivity index (χ3v) is 3.27. The molecule has 0 fully saturated rings. The first-order chi connectivity index (χ1) is 9.71. The van der Waals surface area contributed by atoms with Gasteiger partial charge in [-0.2, -0.15) is 0 Å². The van der Waals surface area contributed by atoms with Gasteiger partial charge in [-0.05, 0) is 37.2 Å². The number of nitrogens with one attached hydrogen (secondary N) is 1. The van der Waals surface area contributed by atoms with E-state index in [1.807, 2.05) is 44.6 Å². The Kier molecular flexibility index (Phi) is 4.58. The number of hydrogen-bond acceptors (Lipinski definition) is 4. The van der Waals surface area contributed by atoms with Gasteiger partial charge in [0, 0.05) is 12.4 Å². The Bertz CT molecular complexity index is 562. The lowest BCUT2D eigenvalue weighted by molar-refractivity contribution is 0.378. The molecule has 4 nitrogen and oxygen atoms in total. The van der Waals surface area contributed by atoms with Crippen LogP contribution in [0.5, 0.6) is 11.5 Å². The molecule has 0 amide bonds. The molecular formula is C16H20N2O2. The fraction of sp³-hybridized carbons (Fsp3) is 0.312. The first kappa shape index (κ1) is 14.3. The monoisotopic (exact) mass is 272 g/mol. The summed E-state index contributed by atoms with van der Waals surface area (Å²) in [6.45, 7) is 2.03. The number of nitrogens with zero attached hydrogens (tertiary/aromatic N) is 1. The lowest BCUT2D eigenvalue weighted by atomic mass is 9.97. The topological polar surface area (TPSA) is 43.4 Å². The van der Waals surface area contributed by atoms with Crippen LogP contribution >= 0.6 is 0 Å². The highest BCUT2D eigenvalue weighted by molar-refractivity contribution is 5.50. The summed E-state index contributed by atoms with van der Waals surface area (Å²) >= 11 is 0. The van der Waals surface area contributed by atoms with Gasteiger partial charge in [-0.1, -0.05) is 12.1 Å². The van der Waals surface area contributed by atoms with E-state index in [1.165, 1.54) is 0 Å². The average molecular weight is 272 g/mol. The second kappa shape index (κ2) is 6.39. The van der Waals surface area contributed by atoms with Gasteiger partial charge >= 0.3 is 0 Å². The normalized spacial score (nSPS) is 12.0. The van der Waals surface area contributed by atoms with Gasteiger partial charge in [0.1, 0.15) is 11.5 Å². The summed E-state index contributed by atoms with van der Waals surface area (Å²) in [5, 5.41) is 3.31. The molecule has 2 aromatic rings. The van der Waals surface area contributed by atoms with Gasteiger partial charge < -0.3 is 14.8 Å². The SMILES string of the molecule is CNC(c1cncc(C)c1)c1c(OC)cccc1OC. The first-order valence-corrected chi connectivity index (χ1v) is 6.51. The molecule has 0 saturated carbocycles. The van der Waals surface area contributed by atoms with Crippen molar-refractivity contribution in [3.8, 4) is 11.5 Å². The van der Waals surface area contributed by atoms with Crippen LogP contribution in [-0.4, -0.2) is 26.3 Å². The molecule has 2 rings (SSSR count). The van der Waals surface area contributed by atoms with Gasteiger partial charge in [0.05, 0.1) is 25.8 Å². The average Bonchev–Trinajstić information content (AvgIpc) is 2.48. The first-order valence-electron chi connectivity index (χ1n) is 6.51. The molecule has 0 aliphatic heterocycles. The Hall–Kier alpha value is -2.07. The van der Waals surface area contributed by atoms with E-state index in [2.05, 4.69) is 16.4 Å². The van der Waals surface area contributed by atoms with Crippen LogP contribution in [0.4, 0.5) is 0 Å². The fourth-order valence-corrected chi connectivity index (χ4v) is 2.38. The summed E-state index contributed by atoms with van der Waals surface area (Å²) in [6.07, 6.45) is 3.70. The van der Waals surface area contributed by atoms with E-state index in [0.717, 1.165) is 28.2 Å². The molecule has 0 radical (unpaired) electrons. The third kappa shape index (κ3) is 2.75. The van der Waals surface area contributed by atoms with Crippen LogP contribution < -0.4 is 14.8 Å². The van der Waals surface area contributed by atoms with Gasteiger partial charge in [-0.15, -0.1) is 0 Å². The van der Waals surface area contributed by atoms with Gasteiger partial charge in [0.2, 0.25) is 0 Å². The molecule has 1 atom stereocenters. The third-order valence-electron chi connectivity index (χ3n) is 3.27. The van der Waals surface area contributed by atoms with Crippen LogP contribution in [0.2, 0.25) is 0 Å². The molecule has 1 aromatic carbocycles. The molecule has 0 spiro atoms. The fourth-order valence-electron chi connectivity index (χ4n) is 2.38. The standard InChI is InChI=1S/C16H20N2O2/c1-11-8-12(10-18-9-11)16(17-2)15-13(19-3)6-5-7-14(15)20-4/h5-10,16-17H,1-4H3. The highest BCUT2D eigenvalue weighted by atomic mass is 16.5. The minimum Gasteiger partial charge on any atom is -0.496 e. The number of aryl methyl sites for hydroxylation is 1. The van der Waals surface area contributed by atoms with Crippen molar-refractivity contribution in [2.45, 2.75) is 13.0 Å². The minimum absolute atomic E-state index is 0.0338. The van der Waals surface area contributed by atoms with Crippen molar-refractivity contribution >= 4 is 0 Å². The zero-order valence-corrected chi connectivity index (χ0v) is 12.3. The van der Waals surface area contributed by atoms with Gasteiger partial charge in [0.25, 0.3) is 0 Å². The molecule has 4 heteroatoms. The number of hydrogen-bond donors (Lipinski definition) is 1. The van der Waals surface area contributed by atoms with E-state index in [-0.39, 0.29) is 6.04 Å². The number of aromatic nitrogens is 1.